The van der Waals surface area contributed by atoms with Crippen LogP contribution in [0.4, 0.5) is 0 Å². The molecule has 28 heteroatoms. The second kappa shape index (κ2) is 42.8. The Bertz CT molecular complexity index is 6220. The van der Waals surface area contributed by atoms with Gasteiger partial charge in [-0.2, -0.15) is 15.3 Å². The monoisotopic (exact) mass is 2060 g/mol. The van der Waals surface area contributed by atoms with Gasteiger partial charge in [-0.15, -0.1) is 23.7 Å². The maximum absolute atomic E-state index is 12.2. The van der Waals surface area contributed by atoms with E-state index in [1.54, 1.807) is 23.6 Å². The van der Waals surface area contributed by atoms with Crippen molar-refractivity contribution in [3.8, 4) is 93.4 Å². The van der Waals surface area contributed by atoms with Crippen LogP contribution in [0.25, 0.3) is 0 Å². The van der Waals surface area contributed by atoms with Crippen molar-refractivity contribution in [1.82, 2.24) is 16.3 Å². The first kappa shape index (κ1) is 106. The molecule has 148 heavy (non-hydrogen) atoms. The van der Waals surface area contributed by atoms with Crippen molar-refractivity contribution < 1.29 is 78.5 Å². The molecule has 0 spiro atoms. The number of fused-ring (bicyclic) bond motifs is 20. The SMILES string of the molecule is CC#C[C@]1(O)CC[C@H]2[C@@H]3CCC4=CC(=NNC(N)=S)CCC4=C3[C@@H](c3ccc4c(c3)OCO4)C[C@@]21C.CC#C[C@]1(O)CC[C@H]2[C@@H]3CCC4=CC(=NNC(N)=S)CCC4=C3[C@@H](c3ccc4c(c3)OCO4)C[C@@]21C.CC#C[C@]1(O)CC[C@H]2[C@@H]3CCC4=CC(=NNC(N)=S)CCC4=C3[C@@H](c3ccc4c(c3)OCO4)C[C@@]21C.CC#C[C@]1(O)CC[C@H]2[C@@H]3CCC4=CC(=O)CCC4=C3[C@@H](c3ccc4c(c3)OCO4)C[C@@]21C.CC(C)=O.CCO.O. The summed E-state index contributed by atoms with van der Waals surface area (Å²) in [4.78, 5) is 21.6. The summed E-state index contributed by atoms with van der Waals surface area (Å²) in [5.74, 6) is 36.2. The maximum atomic E-state index is 12.2. The van der Waals surface area contributed by atoms with Crippen molar-refractivity contribution in [2.75, 3.05) is 33.8 Å². The van der Waals surface area contributed by atoms with Gasteiger partial charge in [-0.1, -0.05) is 97.9 Å². The van der Waals surface area contributed by atoms with Crippen molar-refractivity contribution in [3.63, 3.8) is 0 Å². The van der Waals surface area contributed by atoms with E-state index >= 15 is 0 Å². The van der Waals surface area contributed by atoms with Gasteiger partial charge in [0.15, 0.2) is 67.1 Å². The standard InChI is InChI=1S/3C29H33N3O3S.C28H30O4.C3H6O.C2H6O.H2O/c3*1-3-11-29(33)12-10-23-21-7-4-17-13-19(31-32-27(30)36)6-8-20(17)26(21)22(15-28(23,29)2)18-5-9-24-25(14-18)35-16-34-24;1-3-11-28(30)12-10-23-21-7-4-17-13-19(29)6-8-20(17)26(21)22(15-27(23,28)2)18-5-9-24-25(14-18)32-16-31-24;1-3(2)4;1-2-3;/h3*5,9,13-14,21-23,33H,4,6-8,10,12,15-16H2,1-2H3,(H3,30,32,36);5,9,13-14,21-23,30H,4,6-8,10,12,15-16H2,1-2H3;1-2H3;3H,2H2,1H3;1H2/t3*21-,22+,23-,28-,29-;21-,22+,23-,27-,28-;;;/m0000.../s1. The van der Waals surface area contributed by atoms with Crippen LogP contribution in [0.5, 0.6) is 46.0 Å². The molecule has 8 saturated carbocycles. The Morgan fingerprint density at radius 3 is 0.824 bits per heavy atom. The largest absolute Gasteiger partial charge is 0.454 e. The van der Waals surface area contributed by atoms with E-state index in [1.807, 2.05) is 58.0 Å². The van der Waals surface area contributed by atoms with E-state index in [-0.39, 0.29) is 111 Å². The minimum Gasteiger partial charge on any atom is -0.454 e. The number of ether oxygens (including phenoxy) is 8. The van der Waals surface area contributed by atoms with E-state index in [0.717, 1.165) is 236 Å². The zero-order valence-corrected chi connectivity index (χ0v) is 89.6. The number of hydrogen-bond donors (Lipinski definition) is 11. The second-order valence-corrected chi connectivity index (χ2v) is 45.9. The van der Waals surface area contributed by atoms with Crippen molar-refractivity contribution in [3.05, 3.63) is 186 Å². The number of carbonyl (C=O) groups excluding carboxylic acids is 2. The van der Waals surface area contributed by atoms with Crippen LogP contribution in [0, 0.1) is 116 Å². The third-order valence-electron chi connectivity index (χ3n) is 37.0. The molecule has 24 rings (SSSR count). The zero-order chi connectivity index (χ0) is 104. The molecule has 4 aromatic rings. The highest BCUT2D eigenvalue weighted by Gasteiger charge is 2.68. The van der Waals surface area contributed by atoms with E-state index in [2.05, 4.69) is 173 Å². The van der Waals surface area contributed by atoms with Crippen LogP contribution >= 0.6 is 36.7 Å². The van der Waals surface area contributed by atoms with E-state index in [0.29, 0.717) is 53.8 Å². The molecule has 4 aliphatic heterocycles. The van der Waals surface area contributed by atoms with Crippen molar-refractivity contribution >= 4 is 80.7 Å². The number of hydrazone groups is 3. The molecule has 0 radical (unpaired) electrons. The van der Waals surface area contributed by atoms with E-state index in [1.165, 1.54) is 86.3 Å². The highest BCUT2D eigenvalue weighted by Crippen LogP contribution is 2.73. The van der Waals surface area contributed by atoms with Crippen LogP contribution < -0.4 is 71.4 Å². The fraction of sp³-hybridized carbons (Fsp3) is 0.533. The molecule has 0 unspecified atom stereocenters. The lowest BCUT2D eigenvalue weighted by molar-refractivity contribution is -0.115. The van der Waals surface area contributed by atoms with Gasteiger partial charge >= 0.3 is 0 Å². The molecule has 0 bridgehead atoms. The van der Waals surface area contributed by atoms with Crippen molar-refractivity contribution in [1.29, 1.82) is 0 Å². The number of Topliss-reactive ketones (excluding diaryl/α,β-unsaturated/α-hetero) is 1. The molecule has 8 fully saturated rings. The van der Waals surface area contributed by atoms with E-state index < -0.39 is 22.4 Å². The fourth-order valence-corrected chi connectivity index (χ4v) is 30.8. The fourth-order valence-electron chi connectivity index (χ4n) is 30.7. The molecule has 4 aromatic carbocycles. The number of allylic oxidation sites excluding steroid dienone is 16. The Morgan fingerprint density at radius 2 is 0.595 bits per heavy atom. The topological polar surface area (TPSA) is 392 Å². The summed E-state index contributed by atoms with van der Waals surface area (Å²) >= 11 is 14.8. The van der Waals surface area contributed by atoms with Gasteiger partial charge in [-0.05, 0) is 445 Å². The van der Waals surface area contributed by atoms with Crippen LogP contribution in [0.3, 0.4) is 0 Å². The third-order valence-corrected chi connectivity index (χ3v) is 37.3. The van der Waals surface area contributed by atoms with Gasteiger partial charge in [-0.3, -0.25) is 21.1 Å². The van der Waals surface area contributed by atoms with Gasteiger partial charge in [0, 0.05) is 58.4 Å². The second-order valence-electron chi connectivity index (χ2n) is 44.6. The molecule has 16 aliphatic carbocycles. The molecule has 4 heterocycles. The molecule has 0 saturated heterocycles. The zero-order valence-electron chi connectivity index (χ0n) is 87.1. The first-order chi connectivity index (χ1) is 70.6. The Balaban J connectivity index is 0.000000126. The summed E-state index contributed by atoms with van der Waals surface area (Å²) in [6, 6.07) is 25.4. The van der Waals surface area contributed by atoms with Crippen LogP contribution in [-0.4, -0.2) is 131 Å². The lowest BCUT2D eigenvalue weighted by atomic mass is 9.51. The molecule has 0 aromatic heterocycles. The van der Waals surface area contributed by atoms with E-state index in [4.69, 9.17) is 96.9 Å². The van der Waals surface area contributed by atoms with Crippen molar-refractivity contribution in [2.24, 2.45) is 102 Å². The van der Waals surface area contributed by atoms with E-state index in [9.17, 15) is 30.0 Å². The molecule has 782 valence electrons. The average molecular weight is 2060 g/mol. The molecule has 0 amide bonds. The average Bonchev–Trinajstić information content (AvgIpc) is 1.53. The molecule has 16 N–H and O–H groups in total. The number of benzene rings is 4. The minimum absolute atomic E-state index is 0. The summed E-state index contributed by atoms with van der Waals surface area (Å²) in [7, 11) is 0. The van der Waals surface area contributed by atoms with Gasteiger partial charge in [-0.25, -0.2) is 0 Å². The predicted molar refractivity (Wildman–Crippen MR) is 585 cm³/mol. The Morgan fingerprint density at radius 1 is 0.372 bits per heavy atom. The third kappa shape index (κ3) is 19.4. The van der Waals surface area contributed by atoms with Gasteiger partial charge in [0.2, 0.25) is 27.2 Å². The number of nitrogens with zero attached hydrogens (tertiary/aromatic N) is 3. The molecular weight excluding hydrogens is 1920 g/mol. The van der Waals surface area contributed by atoms with Crippen LogP contribution in [0.15, 0.2) is 179 Å². The lowest BCUT2D eigenvalue weighted by Crippen LogP contribution is -2.51. The lowest BCUT2D eigenvalue weighted by Gasteiger charge is -2.53. The number of nitrogens with one attached hydrogen (secondary N) is 3. The quantitative estimate of drug-likeness (QED) is 0.0465. The highest BCUT2D eigenvalue weighted by molar-refractivity contribution is 7.80. The maximum Gasteiger partial charge on any atom is 0.231 e. The highest BCUT2D eigenvalue weighted by atomic mass is 32.1. The van der Waals surface area contributed by atoms with Crippen LogP contribution in [0.2, 0.25) is 0 Å². The molecule has 20 atom stereocenters. The Kier molecular flexibility index (Phi) is 30.8. The first-order valence-electron chi connectivity index (χ1n) is 53.0. The summed E-state index contributed by atoms with van der Waals surface area (Å²) in [6.45, 7) is 22.5. The number of aliphatic hydroxyl groups is 5. The normalized spacial score (nSPS) is 34.1. The molecule has 25 nitrogen and oxygen atoms in total. The number of hydrogen-bond acceptors (Lipinski definition) is 21. The van der Waals surface area contributed by atoms with Crippen LogP contribution in [0.1, 0.15) is 302 Å². The van der Waals surface area contributed by atoms with Gasteiger partial charge in [0.1, 0.15) is 28.2 Å². The number of carbonyl (C=O) groups is 2. The van der Waals surface area contributed by atoms with Crippen molar-refractivity contribution in [2.45, 2.75) is 302 Å². The summed E-state index contributed by atoms with van der Waals surface area (Å²) in [6.07, 6.45) is 34.3. The van der Waals surface area contributed by atoms with Gasteiger partial charge in [0.25, 0.3) is 0 Å². The number of rotatable bonds is 7. The first-order valence-corrected chi connectivity index (χ1v) is 54.2. The minimum atomic E-state index is -0.952. The summed E-state index contributed by atoms with van der Waals surface area (Å²) < 4.78 is 45.4. The van der Waals surface area contributed by atoms with Gasteiger partial charge in [0.05, 0.1) is 17.1 Å². The smallest absolute Gasteiger partial charge is 0.231 e. The summed E-state index contributed by atoms with van der Waals surface area (Å²) in [5.41, 5.74) is 45.5. The molecular formula is C120H143N9O16S3. The summed E-state index contributed by atoms with van der Waals surface area (Å²) in [5, 5.41) is 68.6. The Labute approximate surface area is 886 Å². The molecule has 20 aliphatic rings. The predicted octanol–water partition coefficient (Wildman–Crippen LogP) is 18.9. The van der Waals surface area contributed by atoms with Gasteiger partial charge < -0.3 is 90.9 Å². The van der Waals surface area contributed by atoms with Crippen LogP contribution in [-0.2, 0) is 9.59 Å². The number of aliphatic hydroxyl groups excluding tert-OH is 1. The number of nitrogens with two attached hydrogens (primary N) is 3. The Hall–Kier alpha value is -11.4. The number of thiocarbonyl (C=S) groups is 3. The number of ketones is 2.